The van der Waals surface area contributed by atoms with Crippen molar-refractivity contribution in [3.63, 3.8) is 0 Å². The molecule has 0 N–H and O–H groups in total. The summed E-state index contributed by atoms with van der Waals surface area (Å²) in [5.41, 5.74) is 0. The van der Waals surface area contributed by atoms with Crippen LogP contribution < -0.4 is 0 Å². The maximum atomic E-state index is 11.9. The highest BCUT2D eigenvalue weighted by Crippen LogP contribution is 2.16. The van der Waals surface area contributed by atoms with E-state index in [-0.39, 0.29) is 12.8 Å². The second-order valence-electron chi connectivity index (χ2n) is 14.3. The molecule has 0 saturated heterocycles. The largest absolute Gasteiger partial charge is 0.390 e. The molecule has 0 aromatic carbocycles. The molecule has 0 radical (unpaired) electrons. The Morgan fingerprint density at radius 2 is 0.587 bits per heavy atom. The van der Waals surface area contributed by atoms with Crippen LogP contribution in [0.3, 0.4) is 0 Å². The van der Waals surface area contributed by atoms with E-state index in [2.05, 4.69) is 27.7 Å². The monoisotopic (exact) mass is 649 g/mol. The Morgan fingerprint density at radius 3 is 0.826 bits per heavy atom. The zero-order valence-corrected chi connectivity index (χ0v) is 30.6. The lowest BCUT2D eigenvalue weighted by molar-refractivity contribution is -0.159. The number of rotatable bonds is 32. The Bertz CT molecular complexity index is 721. The fourth-order valence-corrected chi connectivity index (χ4v) is 5.71. The van der Waals surface area contributed by atoms with Crippen molar-refractivity contribution in [2.75, 3.05) is 0 Å². The molecule has 0 amide bonds. The number of unbranched alkanes of at least 4 members (excludes halogenated alkanes) is 22. The molecular formula is C40H72O6. The van der Waals surface area contributed by atoms with Gasteiger partial charge in [-0.25, -0.2) is 9.59 Å². The first-order valence-electron chi connectivity index (χ1n) is 19.4. The number of hydrogen-bond acceptors (Lipinski definition) is 6. The summed E-state index contributed by atoms with van der Waals surface area (Å²) in [7, 11) is 0. The SMILES string of the molecule is CC(C)CCCCCCCCCCCCCCC(=O)OC(=O)/C=C/C(=O)OC(=O)CCCCCCCCCCCCCCC(C)C. The third-order valence-corrected chi connectivity index (χ3v) is 8.61. The number of esters is 4. The molecule has 0 bridgehead atoms. The van der Waals surface area contributed by atoms with Crippen LogP contribution in [0.5, 0.6) is 0 Å². The van der Waals surface area contributed by atoms with Crippen LogP contribution in [0.4, 0.5) is 0 Å². The molecule has 6 heteroatoms. The van der Waals surface area contributed by atoms with Gasteiger partial charge in [-0.05, 0) is 24.7 Å². The summed E-state index contributed by atoms with van der Waals surface area (Å²) >= 11 is 0. The molecule has 0 aromatic rings. The molecule has 0 aromatic heterocycles. The van der Waals surface area contributed by atoms with E-state index in [0.29, 0.717) is 12.8 Å². The maximum absolute atomic E-state index is 11.9. The first-order chi connectivity index (χ1) is 22.2. The van der Waals surface area contributed by atoms with Gasteiger partial charge in [-0.3, -0.25) is 9.59 Å². The zero-order valence-electron chi connectivity index (χ0n) is 30.6. The van der Waals surface area contributed by atoms with Crippen LogP contribution in [0.2, 0.25) is 0 Å². The third kappa shape index (κ3) is 34.9. The predicted molar refractivity (Wildman–Crippen MR) is 190 cm³/mol. The van der Waals surface area contributed by atoms with Crippen molar-refractivity contribution in [2.24, 2.45) is 11.8 Å². The molecule has 0 atom stereocenters. The first kappa shape index (κ1) is 44.0. The van der Waals surface area contributed by atoms with Gasteiger partial charge in [0.25, 0.3) is 0 Å². The van der Waals surface area contributed by atoms with E-state index >= 15 is 0 Å². The molecule has 0 aliphatic heterocycles. The quantitative estimate of drug-likeness (QED) is 0.0312. The van der Waals surface area contributed by atoms with E-state index in [0.717, 1.165) is 49.7 Å². The summed E-state index contributed by atoms with van der Waals surface area (Å²) in [6, 6.07) is 0. The van der Waals surface area contributed by atoms with Crippen LogP contribution in [-0.4, -0.2) is 23.9 Å². The van der Waals surface area contributed by atoms with Gasteiger partial charge < -0.3 is 9.47 Å². The van der Waals surface area contributed by atoms with Crippen LogP contribution in [0.1, 0.15) is 207 Å². The minimum absolute atomic E-state index is 0.179. The van der Waals surface area contributed by atoms with Gasteiger partial charge in [-0.1, -0.05) is 182 Å². The average molecular weight is 649 g/mol. The second kappa shape index (κ2) is 32.9. The minimum Gasteiger partial charge on any atom is -0.390 e. The topological polar surface area (TPSA) is 86.7 Å². The fourth-order valence-electron chi connectivity index (χ4n) is 5.71. The Balaban J connectivity index is 3.58. The summed E-state index contributed by atoms with van der Waals surface area (Å²) in [6.45, 7) is 9.17. The number of ether oxygens (including phenoxy) is 2. The highest BCUT2D eigenvalue weighted by Gasteiger charge is 2.11. The van der Waals surface area contributed by atoms with Crippen LogP contribution in [0, 0.1) is 11.8 Å². The highest BCUT2D eigenvalue weighted by molar-refractivity contribution is 5.98. The molecule has 0 rings (SSSR count). The smallest absolute Gasteiger partial charge is 0.338 e. The molecule has 0 fully saturated rings. The third-order valence-electron chi connectivity index (χ3n) is 8.61. The van der Waals surface area contributed by atoms with E-state index in [4.69, 9.17) is 9.47 Å². The zero-order chi connectivity index (χ0) is 34.1. The lowest BCUT2D eigenvalue weighted by Gasteiger charge is -2.05. The first-order valence-corrected chi connectivity index (χ1v) is 19.4. The summed E-state index contributed by atoms with van der Waals surface area (Å²) in [5.74, 6) is -1.39. The molecule has 46 heavy (non-hydrogen) atoms. The Kier molecular flexibility index (Phi) is 31.5. The minimum atomic E-state index is -0.920. The molecule has 6 nitrogen and oxygen atoms in total. The molecule has 0 spiro atoms. The highest BCUT2D eigenvalue weighted by atomic mass is 16.6. The maximum Gasteiger partial charge on any atom is 0.338 e. The van der Waals surface area contributed by atoms with E-state index in [9.17, 15) is 19.2 Å². The van der Waals surface area contributed by atoms with Crippen molar-refractivity contribution in [3.8, 4) is 0 Å². The van der Waals surface area contributed by atoms with Crippen molar-refractivity contribution >= 4 is 23.9 Å². The van der Waals surface area contributed by atoms with Gasteiger partial charge in [0.15, 0.2) is 0 Å². The van der Waals surface area contributed by atoms with Gasteiger partial charge in [-0.15, -0.1) is 0 Å². The van der Waals surface area contributed by atoms with Crippen molar-refractivity contribution in [3.05, 3.63) is 12.2 Å². The van der Waals surface area contributed by atoms with Crippen LogP contribution in [0.15, 0.2) is 12.2 Å². The van der Waals surface area contributed by atoms with Crippen molar-refractivity contribution in [2.45, 2.75) is 207 Å². The molecule has 0 heterocycles. The second-order valence-corrected chi connectivity index (χ2v) is 14.3. The van der Waals surface area contributed by atoms with E-state index in [1.807, 2.05) is 0 Å². The fraction of sp³-hybridized carbons (Fsp3) is 0.850. The Labute approximate surface area is 283 Å². The van der Waals surface area contributed by atoms with Gasteiger partial charge in [0.1, 0.15) is 0 Å². The summed E-state index contributed by atoms with van der Waals surface area (Å²) in [6.07, 6.45) is 33.7. The number of hydrogen-bond donors (Lipinski definition) is 0. The van der Waals surface area contributed by atoms with Crippen molar-refractivity contribution in [1.82, 2.24) is 0 Å². The summed E-state index contributed by atoms with van der Waals surface area (Å²) < 4.78 is 9.45. The number of carbonyl (C=O) groups is 4. The predicted octanol–water partition coefficient (Wildman–Crippen LogP) is 11.9. The van der Waals surface area contributed by atoms with Gasteiger partial charge in [0, 0.05) is 25.0 Å². The Hall–Kier alpha value is -1.98. The van der Waals surface area contributed by atoms with E-state index in [1.54, 1.807) is 0 Å². The van der Waals surface area contributed by atoms with Crippen LogP contribution in [0.25, 0.3) is 0 Å². The molecule has 0 saturated carbocycles. The molecule has 268 valence electrons. The number of carbonyl (C=O) groups excluding carboxylic acids is 4. The molecule has 0 aliphatic rings. The Morgan fingerprint density at radius 1 is 0.370 bits per heavy atom. The lowest BCUT2D eigenvalue weighted by atomic mass is 10.0. The standard InChI is InChI=1S/C40H72O6/c1-35(2)29-25-21-17-13-9-5-7-11-15-19-23-27-31-37(41)45-39(43)33-34-40(44)46-38(42)32-28-24-20-16-12-8-6-10-14-18-22-26-30-36(3)4/h33-36H,5-32H2,1-4H3/b34-33+. The van der Waals surface area contributed by atoms with E-state index < -0.39 is 23.9 Å². The van der Waals surface area contributed by atoms with Gasteiger partial charge in [-0.2, -0.15) is 0 Å². The van der Waals surface area contributed by atoms with Crippen molar-refractivity contribution in [1.29, 1.82) is 0 Å². The lowest BCUT2D eigenvalue weighted by Crippen LogP contribution is -2.12. The molecular weight excluding hydrogens is 576 g/mol. The van der Waals surface area contributed by atoms with E-state index in [1.165, 1.54) is 128 Å². The van der Waals surface area contributed by atoms with Crippen molar-refractivity contribution < 1.29 is 28.7 Å². The summed E-state index contributed by atoms with van der Waals surface area (Å²) in [4.78, 5) is 47.4. The van der Waals surface area contributed by atoms with Crippen LogP contribution >= 0.6 is 0 Å². The van der Waals surface area contributed by atoms with Gasteiger partial charge in [0.2, 0.25) is 0 Å². The van der Waals surface area contributed by atoms with Gasteiger partial charge in [0.05, 0.1) is 0 Å². The van der Waals surface area contributed by atoms with Gasteiger partial charge >= 0.3 is 23.9 Å². The molecule has 0 unspecified atom stereocenters. The summed E-state index contributed by atoms with van der Waals surface area (Å²) in [5, 5.41) is 0. The average Bonchev–Trinajstić information content (AvgIpc) is 3.00. The molecule has 0 aliphatic carbocycles. The van der Waals surface area contributed by atoms with Crippen LogP contribution in [-0.2, 0) is 28.7 Å². The normalized spacial score (nSPS) is 11.5.